The molecule has 4 rings (SSSR count). The molecule has 37 heavy (non-hydrogen) atoms. The van der Waals surface area contributed by atoms with Crippen molar-refractivity contribution in [3.05, 3.63) is 91.0 Å². The summed E-state index contributed by atoms with van der Waals surface area (Å²) in [6.07, 6.45) is 7.17. The van der Waals surface area contributed by atoms with Gasteiger partial charge in [-0.1, -0.05) is 117 Å². The molecule has 0 radical (unpaired) electrons. The number of nitrogens with zero attached hydrogens (tertiary/aromatic N) is 2. The van der Waals surface area contributed by atoms with E-state index in [0.29, 0.717) is 6.42 Å². The number of amides is 1. The van der Waals surface area contributed by atoms with Gasteiger partial charge in [0.05, 0.1) is 11.4 Å². The third kappa shape index (κ3) is 7.59. The highest BCUT2D eigenvalue weighted by molar-refractivity contribution is 7.99. The van der Waals surface area contributed by atoms with E-state index in [9.17, 15) is 4.79 Å². The number of unbranched alkanes of at least 4 members (excludes halogenated alkanes) is 4. The highest BCUT2D eigenvalue weighted by Gasteiger charge is 2.21. The molecule has 0 saturated heterocycles. The third-order valence-corrected chi connectivity index (χ3v) is 7.36. The molecule has 0 saturated carbocycles. The van der Waals surface area contributed by atoms with Gasteiger partial charge in [0.1, 0.15) is 0 Å². The van der Waals surface area contributed by atoms with E-state index >= 15 is 0 Å². The summed E-state index contributed by atoms with van der Waals surface area (Å²) in [5, 5.41) is 4.07. The summed E-state index contributed by atoms with van der Waals surface area (Å²) in [6, 6.07) is 31.4. The quantitative estimate of drug-likeness (QED) is 0.137. The fourth-order valence-corrected chi connectivity index (χ4v) is 5.40. The fourth-order valence-electron chi connectivity index (χ4n) is 4.39. The number of thioether (sulfide) groups is 1. The Morgan fingerprint density at radius 1 is 0.784 bits per heavy atom. The van der Waals surface area contributed by atoms with Crippen molar-refractivity contribution in [2.45, 2.75) is 57.0 Å². The van der Waals surface area contributed by atoms with Gasteiger partial charge >= 0.3 is 0 Å². The molecule has 4 aromatic rings. The lowest BCUT2D eigenvalue weighted by Gasteiger charge is -2.13. The predicted molar refractivity (Wildman–Crippen MR) is 156 cm³/mol. The van der Waals surface area contributed by atoms with Crippen LogP contribution in [0, 0.1) is 0 Å². The lowest BCUT2D eigenvalue weighted by Crippen LogP contribution is -2.24. The SMILES string of the molecule is CCCCCCC(=O)NCCCCSc1nc(-c2ccccc2)c(-c2ccccc2)n1-c1ccccc1. The molecule has 1 amide bonds. The number of hydrogen-bond acceptors (Lipinski definition) is 3. The summed E-state index contributed by atoms with van der Waals surface area (Å²) in [6.45, 7) is 2.93. The van der Waals surface area contributed by atoms with E-state index in [-0.39, 0.29) is 5.91 Å². The maximum absolute atomic E-state index is 12.0. The molecule has 0 unspecified atom stereocenters. The monoisotopic (exact) mass is 511 g/mol. The van der Waals surface area contributed by atoms with Gasteiger partial charge in [-0.2, -0.15) is 0 Å². The minimum atomic E-state index is 0.184. The molecule has 1 heterocycles. The van der Waals surface area contributed by atoms with E-state index in [0.717, 1.165) is 71.3 Å². The lowest BCUT2D eigenvalue weighted by molar-refractivity contribution is -0.121. The smallest absolute Gasteiger partial charge is 0.219 e. The minimum absolute atomic E-state index is 0.184. The van der Waals surface area contributed by atoms with Gasteiger partial charge in [0, 0.05) is 35.5 Å². The summed E-state index contributed by atoms with van der Waals surface area (Å²) < 4.78 is 2.29. The maximum atomic E-state index is 12.0. The second-order valence-electron chi connectivity index (χ2n) is 9.21. The van der Waals surface area contributed by atoms with E-state index in [4.69, 9.17) is 4.98 Å². The summed E-state index contributed by atoms with van der Waals surface area (Å²) in [5.41, 5.74) is 5.46. The molecule has 5 heteroatoms. The van der Waals surface area contributed by atoms with Crippen LogP contribution >= 0.6 is 11.8 Å². The Morgan fingerprint density at radius 3 is 2.11 bits per heavy atom. The second-order valence-corrected chi connectivity index (χ2v) is 10.3. The molecule has 0 aliphatic heterocycles. The maximum Gasteiger partial charge on any atom is 0.219 e. The number of carbonyl (C=O) groups excluding carboxylic acids is 1. The van der Waals surface area contributed by atoms with E-state index in [2.05, 4.69) is 95.7 Å². The van der Waals surface area contributed by atoms with Crippen LogP contribution in [0.25, 0.3) is 28.2 Å². The first-order valence-electron chi connectivity index (χ1n) is 13.5. The molecular weight excluding hydrogens is 474 g/mol. The van der Waals surface area contributed by atoms with Gasteiger partial charge < -0.3 is 5.32 Å². The summed E-state index contributed by atoms with van der Waals surface area (Å²) in [7, 11) is 0. The van der Waals surface area contributed by atoms with E-state index < -0.39 is 0 Å². The van der Waals surface area contributed by atoms with Crippen molar-refractivity contribution in [3.8, 4) is 28.2 Å². The first-order valence-corrected chi connectivity index (χ1v) is 14.4. The molecule has 0 atom stereocenters. The number of carbonyl (C=O) groups is 1. The zero-order valence-electron chi connectivity index (χ0n) is 21.7. The average Bonchev–Trinajstić information content (AvgIpc) is 3.34. The van der Waals surface area contributed by atoms with Crippen molar-refractivity contribution >= 4 is 17.7 Å². The van der Waals surface area contributed by atoms with Gasteiger partial charge in [0.25, 0.3) is 0 Å². The Balaban J connectivity index is 1.49. The van der Waals surface area contributed by atoms with Crippen LogP contribution in [-0.4, -0.2) is 27.8 Å². The topological polar surface area (TPSA) is 46.9 Å². The zero-order valence-corrected chi connectivity index (χ0v) is 22.6. The molecule has 3 aromatic carbocycles. The van der Waals surface area contributed by atoms with Crippen LogP contribution in [0.15, 0.2) is 96.2 Å². The molecule has 0 bridgehead atoms. The number of benzene rings is 3. The van der Waals surface area contributed by atoms with E-state index in [1.54, 1.807) is 11.8 Å². The van der Waals surface area contributed by atoms with Crippen molar-refractivity contribution < 1.29 is 4.79 Å². The molecule has 0 fully saturated rings. The van der Waals surface area contributed by atoms with Crippen LogP contribution in [0.2, 0.25) is 0 Å². The van der Waals surface area contributed by atoms with Crippen LogP contribution in [-0.2, 0) is 4.79 Å². The Bertz CT molecular complexity index is 1220. The number of aromatic nitrogens is 2. The van der Waals surface area contributed by atoms with Gasteiger partial charge in [-0.15, -0.1) is 0 Å². The molecule has 1 aromatic heterocycles. The summed E-state index contributed by atoms with van der Waals surface area (Å²) >= 11 is 1.78. The summed E-state index contributed by atoms with van der Waals surface area (Å²) in [4.78, 5) is 17.2. The molecular formula is C32H37N3OS. The normalized spacial score (nSPS) is 10.9. The molecule has 0 aliphatic rings. The third-order valence-electron chi connectivity index (χ3n) is 6.34. The van der Waals surface area contributed by atoms with Crippen LogP contribution < -0.4 is 5.32 Å². The highest BCUT2D eigenvalue weighted by Crippen LogP contribution is 2.38. The average molecular weight is 512 g/mol. The molecule has 0 aliphatic carbocycles. The van der Waals surface area contributed by atoms with E-state index in [1.807, 2.05) is 12.1 Å². The van der Waals surface area contributed by atoms with Crippen LogP contribution in [0.3, 0.4) is 0 Å². The lowest BCUT2D eigenvalue weighted by atomic mass is 10.0. The zero-order chi connectivity index (χ0) is 25.7. The largest absolute Gasteiger partial charge is 0.356 e. The number of para-hydroxylation sites is 1. The molecule has 0 spiro atoms. The van der Waals surface area contributed by atoms with Crippen molar-refractivity contribution in [1.29, 1.82) is 0 Å². The Kier molecular flexibility index (Phi) is 10.4. The first-order chi connectivity index (χ1) is 18.3. The van der Waals surface area contributed by atoms with Gasteiger partial charge in [-0.25, -0.2) is 4.98 Å². The van der Waals surface area contributed by atoms with E-state index in [1.165, 1.54) is 12.8 Å². The number of nitrogens with one attached hydrogen (secondary N) is 1. The first kappa shape index (κ1) is 26.7. The second kappa shape index (κ2) is 14.4. The van der Waals surface area contributed by atoms with Crippen molar-refractivity contribution in [2.24, 2.45) is 0 Å². The Labute approximate surface area is 225 Å². The van der Waals surface area contributed by atoms with Crippen molar-refractivity contribution in [1.82, 2.24) is 14.9 Å². The molecule has 4 nitrogen and oxygen atoms in total. The standard InChI is InChI=1S/C32H37N3OS/c1-2-3-4-14-23-29(36)33-24-15-16-25-37-32-34-30(26-17-8-5-9-18-26)31(27-19-10-6-11-20-27)35(32)28-21-12-7-13-22-28/h5-13,17-22H,2-4,14-16,23-25H2,1H3,(H,33,36). The number of hydrogen-bond donors (Lipinski definition) is 1. The summed E-state index contributed by atoms with van der Waals surface area (Å²) in [5.74, 6) is 1.13. The van der Waals surface area contributed by atoms with Crippen LogP contribution in [0.4, 0.5) is 0 Å². The number of rotatable bonds is 14. The highest BCUT2D eigenvalue weighted by atomic mass is 32.2. The van der Waals surface area contributed by atoms with Gasteiger partial charge in [-0.3, -0.25) is 9.36 Å². The predicted octanol–water partition coefficient (Wildman–Crippen LogP) is 8.17. The van der Waals surface area contributed by atoms with Gasteiger partial charge in [-0.05, 0) is 31.4 Å². The fraction of sp³-hybridized carbons (Fsp3) is 0.312. The van der Waals surface area contributed by atoms with Crippen molar-refractivity contribution in [3.63, 3.8) is 0 Å². The minimum Gasteiger partial charge on any atom is -0.356 e. The molecule has 1 N–H and O–H groups in total. The van der Waals surface area contributed by atoms with Gasteiger partial charge in [0.15, 0.2) is 5.16 Å². The Morgan fingerprint density at radius 2 is 1.43 bits per heavy atom. The molecule has 192 valence electrons. The number of imidazole rings is 1. The van der Waals surface area contributed by atoms with Crippen LogP contribution in [0.1, 0.15) is 51.9 Å². The van der Waals surface area contributed by atoms with Gasteiger partial charge in [0.2, 0.25) is 5.91 Å². The van der Waals surface area contributed by atoms with Crippen molar-refractivity contribution in [2.75, 3.05) is 12.3 Å². The Hall–Kier alpha value is -3.31. The van der Waals surface area contributed by atoms with Crippen LogP contribution in [0.5, 0.6) is 0 Å².